The van der Waals surface area contributed by atoms with E-state index in [-0.39, 0.29) is 23.9 Å². The van der Waals surface area contributed by atoms with Crippen LogP contribution in [0.5, 0.6) is 5.75 Å². The van der Waals surface area contributed by atoms with E-state index in [1.54, 1.807) is 75.6 Å². The second-order valence-corrected chi connectivity index (χ2v) is 10.5. The minimum absolute atomic E-state index is 0.0529. The van der Waals surface area contributed by atoms with Crippen LogP contribution >= 0.6 is 0 Å². The van der Waals surface area contributed by atoms with E-state index in [1.165, 1.54) is 11.6 Å². The van der Waals surface area contributed by atoms with Gasteiger partial charge in [0, 0.05) is 31.5 Å². The van der Waals surface area contributed by atoms with Crippen molar-refractivity contribution in [3.63, 3.8) is 0 Å². The predicted octanol–water partition coefficient (Wildman–Crippen LogP) is 5.00. The van der Waals surface area contributed by atoms with E-state index in [0.29, 0.717) is 17.7 Å². The summed E-state index contributed by atoms with van der Waals surface area (Å²) in [7, 11) is 1.54. The molecule has 0 saturated carbocycles. The second kappa shape index (κ2) is 13.4. The van der Waals surface area contributed by atoms with E-state index >= 15 is 0 Å². The van der Waals surface area contributed by atoms with Gasteiger partial charge in [-0.25, -0.2) is 14.6 Å². The van der Waals surface area contributed by atoms with Crippen LogP contribution in [0.3, 0.4) is 0 Å². The van der Waals surface area contributed by atoms with E-state index in [1.807, 2.05) is 30.3 Å². The van der Waals surface area contributed by atoms with Crippen molar-refractivity contribution < 1.29 is 19.1 Å². The fourth-order valence-electron chi connectivity index (χ4n) is 4.08. The summed E-state index contributed by atoms with van der Waals surface area (Å²) in [5, 5.41) is 8.67. The highest BCUT2D eigenvalue weighted by molar-refractivity contribution is 5.91. The Bertz CT molecular complexity index is 1550. The number of hydrogen-bond acceptors (Lipinski definition) is 8. The Hall–Kier alpha value is -5.19. The topological polar surface area (TPSA) is 136 Å². The first-order valence-electron chi connectivity index (χ1n) is 13.4. The van der Waals surface area contributed by atoms with Gasteiger partial charge < -0.3 is 20.1 Å². The molecule has 218 valence electrons. The zero-order valence-electron chi connectivity index (χ0n) is 24.0. The Morgan fingerprint density at radius 3 is 2.21 bits per heavy atom. The van der Waals surface area contributed by atoms with E-state index in [0.717, 1.165) is 5.56 Å². The van der Waals surface area contributed by atoms with Crippen molar-refractivity contribution in [2.45, 2.75) is 38.8 Å². The minimum atomic E-state index is -0.833. The van der Waals surface area contributed by atoms with E-state index < -0.39 is 29.4 Å². The molecule has 0 fully saturated rings. The van der Waals surface area contributed by atoms with Crippen molar-refractivity contribution in [1.29, 1.82) is 0 Å². The normalized spacial score (nSPS) is 11.7. The molecule has 3 N–H and O–H groups in total. The van der Waals surface area contributed by atoms with Crippen LogP contribution in [-0.2, 0) is 18.2 Å². The molecule has 2 amide bonds. The molecule has 4 rings (SSSR count). The number of nitrogens with zero attached hydrogens (tertiary/aromatic N) is 3. The highest BCUT2D eigenvalue weighted by Crippen LogP contribution is 2.25. The zero-order valence-corrected chi connectivity index (χ0v) is 24.0. The van der Waals surface area contributed by atoms with Crippen molar-refractivity contribution in [1.82, 2.24) is 19.9 Å². The summed E-state index contributed by atoms with van der Waals surface area (Å²) in [6.07, 6.45) is 2.24. The van der Waals surface area contributed by atoms with Gasteiger partial charge in [-0.2, -0.15) is 0 Å². The summed E-state index contributed by atoms with van der Waals surface area (Å²) < 4.78 is 12.1. The standard InChI is InChI=1S/C31H34N6O5/c1-31(2,3)42-30(40)34-23(19-21-11-7-5-8-12-21)20-33-28-35-25(22-15-17-32-18-16-22)26(27(38)37(28)4)36-29(39)41-24-13-9-6-10-14-24/h5-18,23H,19-20H2,1-4H3,(H,33,35)(H,34,40)(H,36,39). The molecule has 1 unspecified atom stereocenters. The summed E-state index contributed by atoms with van der Waals surface area (Å²) >= 11 is 0. The van der Waals surface area contributed by atoms with Crippen molar-refractivity contribution >= 4 is 23.8 Å². The first-order chi connectivity index (χ1) is 20.1. The molecule has 0 aliphatic carbocycles. The smallest absolute Gasteiger partial charge is 0.417 e. The lowest BCUT2D eigenvalue weighted by Gasteiger charge is -2.24. The number of pyridine rings is 1. The van der Waals surface area contributed by atoms with Crippen molar-refractivity contribution in [3.05, 3.63) is 101 Å². The van der Waals surface area contributed by atoms with E-state index in [9.17, 15) is 14.4 Å². The maximum absolute atomic E-state index is 13.5. The van der Waals surface area contributed by atoms with Crippen molar-refractivity contribution in [2.24, 2.45) is 7.05 Å². The fraction of sp³-hybridized carbons (Fsp3) is 0.258. The number of anilines is 2. The molecule has 0 radical (unpaired) electrons. The molecule has 0 saturated heterocycles. The number of hydrogen-bond donors (Lipinski definition) is 3. The van der Waals surface area contributed by atoms with Gasteiger partial charge in [0.25, 0.3) is 5.56 Å². The predicted molar refractivity (Wildman–Crippen MR) is 161 cm³/mol. The number of rotatable bonds is 9. The van der Waals surface area contributed by atoms with Gasteiger partial charge in [-0.05, 0) is 57.0 Å². The molecule has 11 nitrogen and oxygen atoms in total. The van der Waals surface area contributed by atoms with Gasteiger partial charge in [-0.3, -0.25) is 19.7 Å². The molecular formula is C31H34N6O5. The summed E-state index contributed by atoms with van der Waals surface area (Å²) in [4.78, 5) is 47.6. The third kappa shape index (κ3) is 8.40. The number of nitrogens with one attached hydrogen (secondary N) is 3. The molecular weight excluding hydrogens is 536 g/mol. The summed E-state index contributed by atoms with van der Waals surface area (Å²) in [6, 6.07) is 21.2. The Labute approximate surface area is 243 Å². The average molecular weight is 571 g/mol. The number of para-hydroxylation sites is 1. The number of benzene rings is 2. The van der Waals surface area contributed by atoms with Gasteiger partial charge in [0.15, 0.2) is 0 Å². The lowest BCUT2D eigenvalue weighted by Crippen LogP contribution is -2.44. The molecule has 2 aromatic heterocycles. The molecule has 2 aromatic carbocycles. The third-order valence-corrected chi connectivity index (χ3v) is 5.98. The lowest BCUT2D eigenvalue weighted by atomic mass is 10.1. The largest absolute Gasteiger partial charge is 0.444 e. The highest BCUT2D eigenvalue weighted by atomic mass is 16.6. The summed E-state index contributed by atoms with van der Waals surface area (Å²) in [5.74, 6) is 0.559. The molecule has 42 heavy (non-hydrogen) atoms. The number of carbonyl (C=O) groups excluding carboxylic acids is 2. The zero-order chi connectivity index (χ0) is 30.1. The SMILES string of the molecule is Cn1c(NCC(Cc2ccccc2)NC(=O)OC(C)(C)C)nc(-c2ccncc2)c(NC(=O)Oc2ccccc2)c1=O. The van der Waals surface area contributed by atoms with E-state index in [4.69, 9.17) is 14.5 Å². The van der Waals surface area contributed by atoms with Crippen LogP contribution in [0.25, 0.3) is 11.3 Å². The Morgan fingerprint density at radius 1 is 0.929 bits per heavy atom. The maximum atomic E-state index is 13.5. The number of alkyl carbamates (subject to hydrolysis) is 1. The molecule has 0 aliphatic rings. The van der Waals surface area contributed by atoms with Gasteiger partial charge >= 0.3 is 12.2 Å². The molecule has 2 heterocycles. The molecule has 0 spiro atoms. The Morgan fingerprint density at radius 2 is 1.57 bits per heavy atom. The van der Waals surface area contributed by atoms with Crippen LogP contribution in [0.15, 0.2) is 90.0 Å². The third-order valence-electron chi connectivity index (χ3n) is 5.98. The van der Waals surface area contributed by atoms with Crippen LogP contribution < -0.4 is 26.2 Å². The molecule has 1 atom stereocenters. The van der Waals surface area contributed by atoms with Crippen molar-refractivity contribution in [3.8, 4) is 17.0 Å². The van der Waals surface area contributed by atoms with Crippen molar-refractivity contribution in [2.75, 3.05) is 17.2 Å². The van der Waals surface area contributed by atoms with Gasteiger partial charge in [-0.15, -0.1) is 0 Å². The monoisotopic (exact) mass is 570 g/mol. The summed E-state index contributed by atoms with van der Waals surface area (Å²) in [5.41, 5.74) is 0.578. The van der Waals surface area contributed by atoms with Gasteiger partial charge in [0.2, 0.25) is 5.95 Å². The van der Waals surface area contributed by atoms with Crippen LogP contribution in [0.2, 0.25) is 0 Å². The van der Waals surface area contributed by atoms with Crippen LogP contribution in [0.1, 0.15) is 26.3 Å². The van der Waals surface area contributed by atoms with Crippen LogP contribution in [0.4, 0.5) is 21.2 Å². The van der Waals surface area contributed by atoms with Gasteiger partial charge in [-0.1, -0.05) is 48.5 Å². The lowest BCUT2D eigenvalue weighted by molar-refractivity contribution is 0.0507. The number of amides is 2. The first kappa shape index (κ1) is 29.8. The average Bonchev–Trinajstić information content (AvgIpc) is 2.95. The first-order valence-corrected chi connectivity index (χ1v) is 13.4. The molecule has 4 aromatic rings. The minimum Gasteiger partial charge on any atom is -0.444 e. The van der Waals surface area contributed by atoms with Gasteiger partial charge in [0.1, 0.15) is 22.7 Å². The van der Waals surface area contributed by atoms with Crippen LogP contribution in [-0.4, -0.2) is 44.9 Å². The number of carbonyl (C=O) groups is 2. The number of ether oxygens (including phenoxy) is 2. The number of aromatic nitrogens is 3. The Kier molecular flexibility index (Phi) is 9.53. The maximum Gasteiger partial charge on any atom is 0.417 e. The van der Waals surface area contributed by atoms with E-state index in [2.05, 4.69) is 20.9 Å². The molecule has 0 aliphatic heterocycles. The van der Waals surface area contributed by atoms with Crippen LogP contribution in [0, 0.1) is 0 Å². The second-order valence-electron chi connectivity index (χ2n) is 10.5. The molecule has 0 bridgehead atoms. The highest BCUT2D eigenvalue weighted by Gasteiger charge is 2.22. The van der Waals surface area contributed by atoms with Gasteiger partial charge in [0.05, 0.1) is 6.04 Å². The Balaban J connectivity index is 1.61. The fourth-order valence-corrected chi connectivity index (χ4v) is 4.08. The quantitative estimate of drug-likeness (QED) is 0.256. The summed E-state index contributed by atoms with van der Waals surface area (Å²) in [6.45, 7) is 5.61. The molecule has 11 heteroatoms.